The second-order valence-corrected chi connectivity index (χ2v) is 12.4. The van der Waals surface area contributed by atoms with Crippen LogP contribution < -0.4 is 10.3 Å². The van der Waals surface area contributed by atoms with Gasteiger partial charge in [-0.3, -0.25) is 4.79 Å². The Morgan fingerprint density at radius 3 is 2.55 bits per heavy atom. The zero-order valence-electron chi connectivity index (χ0n) is 20.4. The van der Waals surface area contributed by atoms with Crippen LogP contribution in [-0.2, 0) is 6.61 Å². The number of ether oxygens (including phenoxy) is 1. The first kappa shape index (κ1) is 27.4. The van der Waals surface area contributed by atoms with Crippen molar-refractivity contribution in [3.8, 4) is 17.3 Å². The molecule has 0 spiro atoms. The van der Waals surface area contributed by atoms with Crippen LogP contribution in [0.2, 0.25) is 5.02 Å². The smallest absolute Gasteiger partial charge is 0.282 e. The highest BCUT2D eigenvalue weighted by atomic mass is 127. The molecule has 0 N–H and O–H groups in total. The molecule has 6 rings (SSSR count). The molecule has 4 aromatic carbocycles. The van der Waals surface area contributed by atoms with Crippen molar-refractivity contribution in [2.75, 3.05) is 0 Å². The summed E-state index contributed by atoms with van der Waals surface area (Å²) in [6, 6.07) is 26.3. The number of aromatic nitrogens is 2. The molecule has 0 aliphatic rings. The third-order valence-electron chi connectivity index (χ3n) is 6.13. The molecular weight excluding hydrogens is 820 g/mol. The van der Waals surface area contributed by atoms with Crippen molar-refractivity contribution in [1.82, 2.24) is 9.66 Å². The standard InChI is InChI=1S/C30H17BrClI2N3O3/c31-20-9-10-26-19(13-20)14-27(40-26)29-36-25-8-4-2-6-21(25)30(38)37(29)35-15-17-11-23(33)28(24(34)12-17)39-16-18-5-1-3-7-22(18)32/h1-15H,16H2. The van der Waals surface area contributed by atoms with Gasteiger partial charge in [-0.25, -0.2) is 4.98 Å². The highest BCUT2D eigenvalue weighted by Crippen LogP contribution is 2.31. The van der Waals surface area contributed by atoms with Crippen molar-refractivity contribution in [3.05, 3.63) is 123 Å². The summed E-state index contributed by atoms with van der Waals surface area (Å²) in [5.41, 5.74) is 2.68. The lowest BCUT2D eigenvalue weighted by molar-refractivity contribution is 0.302. The monoisotopic (exact) mass is 835 g/mol. The molecule has 10 heteroatoms. The zero-order valence-corrected chi connectivity index (χ0v) is 27.1. The molecule has 6 nitrogen and oxygen atoms in total. The summed E-state index contributed by atoms with van der Waals surface area (Å²) in [6.45, 7) is 0.356. The predicted molar refractivity (Wildman–Crippen MR) is 180 cm³/mol. The minimum Gasteiger partial charge on any atom is -0.487 e. The third kappa shape index (κ3) is 5.56. The highest BCUT2D eigenvalue weighted by molar-refractivity contribution is 14.1. The van der Waals surface area contributed by atoms with E-state index in [1.807, 2.05) is 72.8 Å². The molecule has 2 heterocycles. The van der Waals surface area contributed by atoms with Crippen LogP contribution in [0, 0.1) is 7.14 Å². The zero-order chi connectivity index (χ0) is 27.8. The van der Waals surface area contributed by atoms with Gasteiger partial charge in [0.2, 0.25) is 5.82 Å². The van der Waals surface area contributed by atoms with Crippen LogP contribution in [0.5, 0.6) is 5.75 Å². The molecule has 0 aliphatic heterocycles. The Kier molecular flexibility index (Phi) is 7.98. The fourth-order valence-electron chi connectivity index (χ4n) is 4.20. The molecule has 0 saturated carbocycles. The van der Waals surface area contributed by atoms with Crippen molar-refractivity contribution in [3.63, 3.8) is 0 Å². The highest BCUT2D eigenvalue weighted by Gasteiger charge is 2.17. The van der Waals surface area contributed by atoms with Crippen molar-refractivity contribution < 1.29 is 9.15 Å². The number of fused-ring (bicyclic) bond motifs is 2. The molecule has 0 amide bonds. The summed E-state index contributed by atoms with van der Waals surface area (Å²) in [4.78, 5) is 18.3. The normalized spacial score (nSPS) is 11.6. The van der Waals surface area contributed by atoms with Gasteiger partial charge in [0.05, 0.1) is 24.3 Å². The second-order valence-electron chi connectivity index (χ2n) is 8.80. The van der Waals surface area contributed by atoms with Crippen LogP contribution in [0.3, 0.4) is 0 Å². The fourth-order valence-corrected chi connectivity index (χ4v) is 6.89. The minimum atomic E-state index is -0.289. The van der Waals surface area contributed by atoms with Crippen LogP contribution >= 0.6 is 72.7 Å². The Hall–Kier alpha value is -2.74. The number of hydrogen-bond acceptors (Lipinski definition) is 5. The van der Waals surface area contributed by atoms with Crippen LogP contribution in [0.4, 0.5) is 0 Å². The molecule has 6 aromatic rings. The Labute approximate surface area is 269 Å². The molecule has 198 valence electrons. The SMILES string of the molecule is O=c1c2ccccc2nc(-c2cc3cc(Br)ccc3o2)n1N=Cc1cc(I)c(OCc2ccccc2Cl)c(I)c1. The first-order chi connectivity index (χ1) is 19.4. The predicted octanol–water partition coefficient (Wildman–Crippen LogP) is 8.90. The molecule has 40 heavy (non-hydrogen) atoms. The summed E-state index contributed by atoms with van der Waals surface area (Å²) >= 11 is 14.3. The van der Waals surface area contributed by atoms with E-state index in [1.54, 1.807) is 18.3 Å². The van der Waals surface area contributed by atoms with E-state index in [4.69, 9.17) is 25.7 Å². The van der Waals surface area contributed by atoms with Gasteiger partial charge in [0.25, 0.3) is 5.56 Å². The first-order valence-electron chi connectivity index (χ1n) is 12.0. The largest absolute Gasteiger partial charge is 0.487 e. The Morgan fingerprint density at radius 2 is 1.75 bits per heavy atom. The van der Waals surface area contributed by atoms with Gasteiger partial charge in [-0.15, -0.1) is 0 Å². The topological polar surface area (TPSA) is 69.6 Å². The lowest BCUT2D eigenvalue weighted by atomic mass is 10.2. The maximum Gasteiger partial charge on any atom is 0.282 e. The van der Waals surface area contributed by atoms with Gasteiger partial charge in [-0.2, -0.15) is 9.78 Å². The quantitative estimate of drug-likeness (QED) is 0.124. The van der Waals surface area contributed by atoms with Crippen molar-refractivity contribution >= 4 is 101 Å². The van der Waals surface area contributed by atoms with Crippen molar-refractivity contribution in [2.24, 2.45) is 5.10 Å². The van der Waals surface area contributed by atoms with Crippen molar-refractivity contribution in [1.29, 1.82) is 0 Å². The van der Waals surface area contributed by atoms with E-state index in [9.17, 15) is 4.79 Å². The molecule has 0 fully saturated rings. The van der Waals surface area contributed by atoms with Crippen molar-refractivity contribution in [2.45, 2.75) is 6.61 Å². The van der Waals surface area contributed by atoms with Crippen LogP contribution in [-0.4, -0.2) is 15.9 Å². The molecule has 0 atom stereocenters. The number of nitrogens with zero attached hydrogens (tertiary/aromatic N) is 3. The maximum atomic E-state index is 13.6. The number of furan rings is 1. The number of halogens is 4. The van der Waals surface area contributed by atoms with E-state index in [2.05, 4.69) is 66.2 Å². The molecule has 0 aliphatic carbocycles. The van der Waals surface area contributed by atoms with Gasteiger partial charge in [0.15, 0.2) is 5.76 Å². The summed E-state index contributed by atoms with van der Waals surface area (Å²) in [7, 11) is 0. The van der Waals surface area contributed by atoms with E-state index < -0.39 is 0 Å². The number of benzene rings is 4. The second kappa shape index (κ2) is 11.6. The fraction of sp³-hybridized carbons (Fsp3) is 0.0333. The molecule has 0 bridgehead atoms. The van der Waals surface area contributed by atoms with E-state index in [1.165, 1.54) is 4.68 Å². The van der Waals surface area contributed by atoms with Gasteiger partial charge in [0.1, 0.15) is 17.9 Å². The Bertz CT molecular complexity index is 1980. The summed E-state index contributed by atoms with van der Waals surface area (Å²) < 4.78 is 16.2. The maximum absolute atomic E-state index is 13.6. The summed E-state index contributed by atoms with van der Waals surface area (Å²) in [5, 5.41) is 6.61. The third-order valence-corrected chi connectivity index (χ3v) is 8.59. The summed E-state index contributed by atoms with van der Waals surface area (Å²) in [5.74, 6) is 1.52. The number of rotatable bonds is 6. The lowest BCUT2D eigenvalue weighted by Crippen LogP contribution is -2.20. The molecule has 0 unspecified atom stereocenters. The number of para-hydroxylation sites is 1. The first-order valence-corrected chi connectivity index (χ1v) is 15.3. The lowest BCUT2D eigenvalue weighted by Gasteiger charge is -2.12. The molecule has 0 radical (unpaired) electrons. The Morgan fingerprint density at radius 1 is 1.00 bits per heavy atom. The minimum absolute atomic E-state index is 0.289. The van der Waals surface area contributed by atoms with Crippen LogP contribution in [0.15, 0.2) is 104 Å². The van der Waals surface area contributed by atoms with Crippen LogP contribution in [0.1, 0.15) is 11.1 Å². The van der Waals surface area contributed by atoms with E-state index in [-0.39, 0.29) is 5.56 Å². The van der Waals surface area contributed by atoms with E-state index in [0.717, 1.165) is 33.9 Å². The van der Waals surface area contributed by atoms with E-state index in [0.29, 0.717) is 39.7 Å². The average molecular weight is 837 g/mol. The average Bonchev–Trinajstić information content (AvgIpc) is 3.36. The van der Waals surface area contributed by atoms with Gasteiger partial charge < -0.3 is 9.15 Å². The number of hydrogen-bond donors (Lipinski definition) is 0. The summed E-state index contributed by atoms with van der Waals surface area (Å²) in [6.07, 6.45) is 1.64. The van der Waals surface area contributed by atoms with Gasteiger partial charge >= 0.3 is 0 Å². The van der Waals surface area contributed by atoms with Crippen LogP contribution in [0.25, 0.3) is 33.5 Å². The Balaban J connectivity index is 1.39. The van der Waals surface area contributed by atoms with Gasteiger partial charge in [-0.1, -0.05) is 57.9 Å². The molecule has 2 aromatic heterocycles. The van der Waals surface area contributed by atoms with Gasteiger partial charge in [-0.05, 0) is 105 Å². The van der Waals surface area contributed by atoms with Gasteiger partial charge in [0, 0.05) is 20.4 Å². The molecule has 0 saturated heterocycles. The molecular formula is C30H17BrClI2N3O3. The van der Waals surface area contributed by atoms with E-state index >= 15 is 0 Å².